The summed E-state index contributed by atoms with van der Waals surface area (Å²) in [5, 5.41) is 3.27. The van der Waals surface area contributed by atoms with E-state index in [0.717, 1.165) is 30.6 Å². The van der Waals surface area contributed by atoms with E-state index in [-0.39, 0.29) is 6.04 Å². The molecular formula is C16H19F2NO. The van der Waals surface area contributed by atoms with E-state index in [2.05, 4.69) is 5.32 Å². The van der Waals surface area contributed by atoms with Crippen LogP contribution >= 0.6 is 0 Å². The van der Waals surface area contributed by atoms with E-state index in [0.29, 0.717) is 12.0 Å². The molecule has 1 aromatic heterocycles. The molecule has 0 saturated carbocycles. The molecule has 108 valence electrons. The first-order valence-electron chi connectivity index (χ1n) is 6.90. The van der Waals surface area contributed by atoms with Gasteiger partial charge in [-0.25, -0.2) is 8.78 Å². The third-order valence-electron chi connectivity index (χ3n) is 3.26. The Hall–Kier alpha value is -1.68. The topological polar surface area (TPSA) is 25.2 Å². The molecule has 0 radical (unpaired) electrons. The number of nitrogens with one attached hydrogen (secondary N) is 1. The molecule has 20 heavy (non-hydrogen) atoms. The highest BCUT2D eigenvalue weighted by atomic mass is 19.1. The van der Waals surface area contributed by atoms with Gasteiger partial charge in [0.25, 0.3) is 0 Å². The second kappa shape index (κ2) is 6.66. The second-order valence-electron chi connectivity index (χ2n) is 4.71. The van der Waals surface area contributed by atoms with Gasteiger partial charge in [-0.05, 0) is 36.7 Å². The van der Waals surface area contributed by atoms with Crippen LogP contribution in [0.2, 0.25) is 0 Å². The summed E-state index contributed by atoms with van der Waals surface area (Å²) in [7, 11) is 0. The van der Waals surface area contributed by atoms with E-state index in [1.54, 1.807) is 0 Å². The number of hydrogen-bond donors (Lipinski definition) is 1. The predicted molar refractivity (Wildman–Crippen MR) is 74.6 cm³/mol. The summed E-state index contributed by atoms with van der Waals surface area (Å²) in [4.78, 5) is 0. The van der Waals surface area contributed by atoms with Gasteiger partial charge in [-0.1, -0.05) is 19.9 Å². The van der Waals surface area contributed by atoms with Crippen molar-refractivity contribution >= 4 is 0 Å². The molecule has 0 amide bonds. The summed E-state index contributed by atoms with van der Waals surface area (Å²) < 4.78 is 32.4. The lowest BCUT2D eigenvalue weighted by atomic mass is 10.0. The molecule has 1 heterocycles. The van der Waals surface area contributed by atoms with Gasteiger partial charge in [-0.15, -0.1) is 0 Å². The zero-order valence-electron chi connectivity index (χ0n) is 11.7. The SMILES string of the molecule is CCNC(Cc1ccc(F)cc1F)c1ccc(CC)o1. The molecule has 0 saturated heterocycles. The Morgan fingerprint density at radius 3 is 2.55 bits per heavy atom. The van der Waals surface area contributed by atoms with Crippen molar-refractivity contribution in [3.8, 4) is 0 Å². The number of hydrogen-bond acceptors (Lipinski definition) is 2. The minimum absolute atomic E-state index is 0.111. The van der Waals surface area contributed by atoms with Gasteiger partial charge in [0.15, 0.2) is 0 Å². The largest absolute Gasteiger partial charge is 0.464 e. The van der Waals surface area contributed by atoms with E-state index < -0.39 is 11.6 Å². The highest BCUT2D eigenvalue weighted by Gasteiger charge is 2.17. The lowest BCUT2D eigenvalue weighted by Gasteiger charge is -2.16. The zero-order chi connectivity index (χ0) is 14.5. The van der Waals surface area contributed by atoms with Gasteiger partial charge < -0.3 is 9.73 Å². The van der Waals surface area contributed by atoms with E-state index in [4.69, 9.17) is 4.42 Å². The van der Waals surface area contributed by atoms with Crippen LogP contribution in [0.5, 0.6) is 0 Å². The Morgan fingerprint density at radius 1 is 1.15 bits per heavy atom. The van der Waals surface area contributed by atoms with Crippen LogP contribution in [0.1, 0.15) is 37.0 Å². The fourth-order valence-electron chi connectivity index (χ4n) is 2.20. The van der Waals surface area contributed by atoms with Crippen molar-refractivity contribution in [1.29, 1.82) is 0 Å². The second-order valence-corrected chi connectivity index (χ2v) is 4.71. The van der Waals surface area contributed by atoms with Crippen molar-refractivity contribution < 1.29 is 13.2 Å². The van der Waals surface area contributed by atoms with Crippen LogP contribution in [0.25, 0.3) is 0 Å². The normalized spacial score (nSPS) is 12.6. The van der Waals surface area contributed by atoms with Crippen molar-refractivity contribution in [3.05, 3.63) is 59.1 Å². The maximum Gasteiger partial charge on any atom is 0.129 e. The molecule has 1 unspecified atom stereocenters. The quantitative estimate of drug-likeness (QED) is 0.864. The van der Waals surface area contributed by atoms with Gasteiger partial charge in [-0.2, -0.15) is 0 Å². The number of halogens is 2. The monoisotopic (exact) mass is 279 g/mol. The molecule has 1 N–H and O–H groups in total. The number of likely N-dealkylation sites (N-methyl/N-ethyl adjacent to an activating group) is 1. The summed E-state index contributed by atoms with van der Waals surface area (Å²) in [5.41, 5.74) is 0.479. The lowest BCUT2D eigenvalue weighted by Crippen LogP contribution is -2.23. The highest BCUT2D eigenvalue weighted by molar-refractivity contribution is 5.22. The Kier molecular flexibility index (Phi) is 4.90. The fraction of sp³-hybridized carbons (Fsp3) is 0.375. The first-order chi connectivity index (χ1) is 9.63. The molecule has 0 aliphatic heterocycles. The Morgan fingerprint density at radius 2 is 1.95 bits per heavy atom. The molecule has 0 aliphatic rings. The molecule has 2 rings (SSSR count). The smallest absolute Gasteiger partial charge is 0.129 e. The third kappa shape index (κ3) is 3.45. The van der Waals surface area contributed by atoms with Gasteiger partial charge in [0.05, 0.1) is 6.04 Å². The van der Waals surface area contributed by atoms with E-state index in [9.17, 15) is 8.78 Å². The third-order valence-corrected chi connectivity index (χ3v) is 3.26. The summed E-state index contributed by atoms with van der Waals surface area (Å²) in [5.74, 6) is 0.614. The van der Waals surface area contributed by atoms with E-state index in [1.165, 1.54) is 12.1 Å². The molecule has 0 fully saturated rings. The molecule has 2 nitrogen and oxygen atoms in total. The van der Waals surface area contributed by atoms with Gasteiger partial charge in [-0.3, -0.25) is 0 Å². The van der Waals surface area contributed by atoms with Crippen LogP contribution in [0.15, 0.2) is 34.7 Å². The van der Waals surface area contributed by atoms with Crippen LogP contribution in [0, 0.1) is 11.6 Å². The Labute approximate surface area is 117 Å². The van der Waals surface area contributed by atoms with Crippen LogP contribution in [-0.4, -0.2) is 6.54 Å². The average molecular weight is 279 g/mol. The average Bonchev–Trinajstić information content (AvgIpc) is 2.90. The highest BCUT2D eigenvalue weighted by Crippen LogP contribution is 2.23. The molecule has 0 aliphatic carbocycles. The first-order valence-corrected chi connectivity index (χ1v) is 6.90. The van der Waals surface area contributed by atoms with E-state index >= 15 is 0 Å². The van der Waals surface area contributed by atoms with Crippen molar-refractivity contribution in [3.63, 3.8) is 0 Å². The fourth-order valence-corrected chi connectivity index (χ4v) is 2.20. The number of benzene rings is 1. The number of aryl methyl sites for hydroxylation is 1. The van der Waals surface area contributed by atoms with Crippen LogP contribution in [0.3, 0.4) is 0 Å². The molecule has 0 bridgehead atoms. The maximum absolute atomic E-state index is 13.7. The van der Waals surface area contributed by atoms with Crippen LogP contribution in [-0.2, 0) is 12.8 Å². The Bertz CT molecular complexity index is 565. The van der Waals surface area contributed by atoms with Crippen LogP contribution < -0.4 is 5.32 Å². The van der Waals surface area contributed by atoms with Crippen LogP contribution in [0.4, 0.5) is 8.78 Å². The van der Waals surface area contributed by atoms with E-state index in [1.807, 2.05) is 26.0 Å². The van der Waals surface area contributed by atoms with Crippen molar-refractivity contribution in [1.82, 2.24) is 5.32 Å². The number of furan rings is 1. The Balaban J connectivity index is 2.20. The molecule has 2 aromatic rings. The van der Waals surface area contributed by atoms with Gasteiger partial charge in [0.2, 0.25) is 0 Å². The predicted octanol–water partition coefficient (Wildman–Crippen LogP) is 4.01. The number of rotatable bonds is 6. The molecule has 1 atom stereocenters. The summed E-state index contributed by atoms with van der Waals surface area (Å²) in [6.07, 6.45) is 1.25. The van der Waals surface area contributed by atoms with Gasteiger partial charge in [0, 0.05) is 12.5 Å². The van der Waals surface area contributed by atoms with Crippen molar-refractivity contribution in [2.45, 2.75) is 32.7 Å². The summed E-state index contributed by atoms with van der Waals surface area (Å²) in [6.45, 7) is 4.75. The maximum atomic E-state index is 13.7. The zero-order valence-corrected chi connectivity index (χ0v) is 11.7. The van der Waals surface area contributed by atoms with Gasteiger partial charge >= 0.3 is 0 Å². The summed E-state index contributed by atoms with van der Waals surface area (Å²) >= 11 is 0. The minimum atomic E-state index is -0.558. The van der Waals surface area contributed by atoms with Gasteiger partial charge in [0.1, 0.15) is 23.2 Å². The molecule has 1 aromatic carbocycles. The minimum Gasteiger partial charge on any atom is -0.464 e. The molecular weight excluding hydrogens is 260 g/mol. The standard InChI is InChI=1S/C16H19F2NO/c1-3-13-7-8-16(20-13)15(19-4-2)9-11-5-6-12(17)10-14(11)18/h5-8,10,15,19H,3-4,9H2,1-2H3. The summed E-state index contributed by atoms with van der Waals surface area (Å²) in [6, 6.07) is 7.41. The lowest BCUT2D eigenvalue weighted by molar-refractivity contribution is 0.393. The first kappa shape index (κ1) is 14.7. The molecule has 0 spiro atoms. The molecule has 4 heteroatoms. The van der Waals surface area contributed by atoms with Crippen molar-refractivity contribution in [2.75, 3.05) is 6.54 Å². The van der Waals surface area contributed by atoms with Crippen molar-refractivity contribution in [2.24, 2.45) is 0 Å².